The number of hydrogen-bond donors (Lipinski definition) is 3. The van der Waals surface area contributed by atoms with Crippen molar-refractivity contribution in [3.8, 4) is 0 Å². The van der Waals surface area contributed by atoms with Crippen LogP contribution in [0.2, 0.25) is 10.0 Å². The van der Waals surface area contributed by atoms with Gasteiger partial charge in [-0.3, -0.25) is 4.79 Å². The summed E-state index contributed by atoms with van der Waals surface area (Å²) in [6.45, 7) is 7.12. The maximum absolute atomic E-state index is 14.1. The minimum atomic E-state index is -4.11. The second kappa shape index (κ2) is 12.6. The Morgan fingerprint density at radius 1 is 1.05 bits per heavy atom. The van der Waals surface area contributed by atoms with E-state index in [9.17, 15) is 17.6 Å². The molecule has 1 aliphatic rings. The Morgan fingerprint density at radius 2 is 1.82 bits per heavy atom. The van der Waals surface area contributed by atoms with Crippen molar-refractivity contribution in [1.82, 2.24) is 15.4 Å². The molecular weight excluding hydrogens is 572 g/mol. The Balaban J connectivity index is 1.52. The van der Waals surface area contributed by atoms with Crippen LogP contribution in [0.3, 0.4) is 0 Å². The van der Waals surface area contributed by atoms with Crippen LogP contribution in [0.25, 0.3) is 0 Å². The van der Waals surface area contributed by atoms with E-state index in [1.54, 1.807) is 6.07 Å². The van der Waals surface area contributed by atoms with Crippen LogP contribution in [0.15, 0.2) is 65.6 Å². The van der Waals surface area contributed by atoms with Gasteiger partial charge in [-0.05, 0) is 92.6 Å². The van der Waals surface area contributed by atoms with Crippen LogP contribution in [0, 0.1) is 5.82 Å². The second-order valence-electron chi connectivity index (χ2n) is 11.2. The predicted molar refractivity (Wildman–Crippen MR) is 157 cm³/mol. The minimum absolute atomic E-state index is 0.00591. The zero-order valence-corrected chi connectivity index (χ0v) is 25.1. The zero-order valence-electron chi connectivity index (χ0n) is 22.7. The first-order valence-electron chi connectivity index (χ1n) is 13.2. The van der Waals surface area contributed by atoms with Gasteiger partial charge in [0.1, 0.15) is 5.82 Å². The summed E-state index contributed by atoms with van der Waals surface area (Å²) in [5, 5.41) is 6.88. The first kappa shape index (κ1) is 30.5. The number of amides is 1. The van der Waals surface area contributed by atoms with Gasteiger partial charge in [0.25, 0.3) is 0 Å². The summed E-state index contributed by atoms with van der Waals surface area (Å²) in [6.07, 6.45) is 2.41. The fourth-order valence-corrected chi connectivity index (χ4v) is 6.40. The predicted octanol–water partition coefficient (Wildman–Crippen LogP) is 6.62. The molecule has 0 saturated heterocycles. The molecular formula is C30H34Cl2FN3O3S. The largest absolute Gasteiger partial charge is 0.349 e. The van der Waals surface area contributed by atoms with Crippen molar-refractivity contribution >= 4 is 39.1 Å². The van der Waals surface area contributed by atoms with E-state index < -0.39 is 21.9 Å². The smallest absolute Gasteiger partial charge is 0.241 e. The Morgan fingerprint density at radius 3 is 2.52 bits per heavy atom. The highest BCUT2D eigenvalue weighted by molar-refractivity contribution is 7.89. The van der Waals surface area contributed by atoms with E-state index in [0.717, 1.165) is 31.4 Å². The summed E-state index contributed by atoms with van der Waals surface area (Å²) in [5.74, 6) is -0.878. The fourth-order valence-electron chi connectivity index (χ4n) is 4.78. The van der Waals surface area contributed by atoms with Crippen LogP contribution in [0.4, 0.5) is 4.39 Å². The Kier molecular flexibility index (Phi) is 9.58. The fraction of sp³-hybridized carbons (Fsp3) is 0.367. The van der Waals surface area contributed by atoms with E-state index in [1.165, 1.54) is 47.5 Å². The van der Waals surface area contributed by atoms with Crippen molar-refractivity contribution in [2.24, 2.45) is 0 Å². The first-order chi connectivity index (χ1) is 18.8. The van der Waals surface area contributed by atoms with Gasteiger partial charge in [-0.2, -0.15) is 0 Å². The summed E-state index contributed by atoms with van der Waals surface area (Å²) in [6, 6.07) is 14.6. The van der Waals surface area contributed by atoms with Crippen molar-refractivity contribution in [2.75, 3.05) is 0 Å². The highest BCUT2D eigenvalue weighted by Crippen LogP contribution is 2.32. The molecule has 0 fully saturated rings. The van der Waals surface area contributed by atoms with E-state index in [1.807, 2.05) is 0 Å². The monoisotopic (exact) mass is 605 g/mol. The number of hydrogen-bond acceptors (Lipinski definition) is 4. The Labute approximate surface area is 245 Å². The molecule has 0 aromatic heterocycles. The quantitative estimate of drug-likeness (QED) is 0.256. The van der Waals surface area contributed by atoms with Crippen molar-refractivity contribution < 1.29 is 17.6 Å². The summed E-state index contributed by atoms with van der Waals surface area (Å²) in [5.41, 5.74) is 3.79. The average Bonchev–Trinajstić information content (AvgIpc) is 2.88. The number of fused-ring (bicyclic) bond motifs is 1. The lowest BCUT2D eigenvalue weighted by atomic mass is 9.86. The molecule has 3 aromatic rings. The summed E-state index contributed by atoms with van der Waals surface area (Å²) in [7, 11) is -4.11. The van der Waals surface area contributed by atoms with Crippen molar-refractivity contribution in [3.63, 3.8) is 0 Å². The molecule has 0 unspecified atom stereocenters. The molecule has 3 N–H and O–H groups in total. The maximum Gasteiger partial charge on any atom is 0.241 e. The summed E-state index contributed by atoms with van der Waals surface area (Å²) >= 11 is 12.0. The summed E-state index contributed by atoms with van der Waals surface area (Å²) in [4.78, 5) is 13.2. The molecule has 4 rings (SSSR count). The van der Waals surface area contributed by atoms with Gasteiger partial charge in [-0.25, -0.2) is 17.5 Å². The highest BCUT2D eigenvalue weighted by Gasteiger charge is 2.27. The number of benzene rings is 3. The van der Waals surface area contributed by atoms with E-state index in [-0.39, 0.29) is 38.8 Å². The number of sulfonamides is 1. The normalized spacial score (nSPS) is 16.3. The van der Waals surface area contributed by atoms with Gasteiger partial charge >= 0.3 is 0 Å². The van der Waals surface area contributed by atoms with Crippen LogP contribution in [-0.4, -0.2) is 19.9 Å². The molecule has 1 aliphatic carbocycles. The summed E-state index contributed by atoms with van der Waals surface area (Å²) < 4.78 is 43.1. The van der Waals surface area contributed by atoms with E-state index in [0.29, 0.717) is 5.56 Å². The zero-order chi connectivity index (χ0) is 29.1. The highest BCUT2D eigenvalue weighted by atomic mass is 35.5. The molecule has 214 valence electrons. The van der Waals surface area contributed by atoms with Gasteiger partial charge in [0, 0.05) is 18.5 Å². The lowest BCUT2D eigenvalue weighted by Crippen LogP contribution is -2.36. The average molecular weight is 607 g/mol. The molecule has 0 spiro atoms. The molecule has 0 saturated carbocycles. The molecule has 2 atom stereocenters. The second-order valence-corrected chi connectivity index (χ2v) is 13.7. The topological polar surface area (TPSA) is 87.3 Å². The van der Waals surface area contributed by atoms with Crippen molar-refractivity contribution in [1.29, 1.82) is 0 Å². The van der Waals surface area contributed by atoms with Gasteiger partial charge in [0.2, 0.25) is 15.9 Å². The first-order valence-corrected chi connectivity index (χ1v) is 15.4. The molecule has 40 heavy (non-hydrogen) atoms. The van der Waals surface area contributed by atoms with Gasteiger partial charge < -0.3 is 10.6 Å². The number of rotatable bonds is 9. The van der Waals surface area contributed by atoms with Gasteiger partial charge in [-0.15, -0.1) is 0 Å². The third kappa shape index (κ3) is 8.04. The maximum atomic E-state index is 14.1. The van der Waals surface area contributed by atoms with Crippen LogP contribution < -0.4 is 15.4 Å². The van der Waals surface area contributed by atoms with Gasteiger partial charge in [-0.1, -0.05) is 53.5 Å². The Hall–Kier alpha value is -2.49. The van der Waals surface area contributed by atoms with Gasteiger partial charge in [0.05, 0.1) is 27.0 Å². The third-order valence-corrected chi connectivity index (χ3v) is 9.03. The molecule has 10 heteroatoms. The van der Waals surface area contributed by atoms with Crippen molar-refractivity contribution in [2.45, 2.75) is 75.5 Å². The van der Waals surface area contributed by atoms with Crippen LogP contribution in [0.5, 0.6) is 0 Å². The van der Waals surface area contributed by atoms with Crippen LogP contribution >= 0.6 is 23.2 Å². The minimum Gasteiger partial charge on any atom is -0.349 e. The van der Waals surface area contributed by atoms with Gasteiger partial charge in [0.15, 0.2) is 0 Å². The third-order valence-electron chi connectivity index (χ3n) is 6.82. The lowest BCUT2D eigenvalue weighted by Gasteiger charge is -2.28. The molecule has 1 amide bonds. The molecule has 0 heterocycles. The van der Waals surface area contributed by atoms with E-state index in [2.05, 4.69) is 54.3 Å². The molecule has 3 aromatic carbocycles. The standard InChI is InChI=1S/C30H34Cl2FN3O3S/c1-30(2,3)34-18-19-10-12-24-20(14-19)6-5-9-27(24)35-29(37)17-28(21-7-4-8-22(33)15-21)36-40(38,39)23-11-13-25(31)26(32)16-23/h4,7-8,10-16,27-28,34,36H,5-6,9,17-18H2,1-3H3,(H,35,37)/t27-,28-/m1/s1. The number of carbonyl (C=O) groups excluding carboxylic acids is 1. The molecule has 6 nitrogen and oxygen atoms in total. The number of aryl methyl sites for hydroxylation is 1. The van der Waals surface area contributed by atoms with Crippen LogP contribution in [0.1, 0.15) is 74.4 Å². The lowest BCUT2D eigenvalue weighted by molar-refractivity contribution is -0.122. The van der Waals surface area contributed by atoms with E-state index >= 15 is 0 Å². The van der Waals surface area contributed by atoms with Crippen LogP contribution in [-0.2, 0) is 27.8 Å². The van der Waals surface area contributed by atoms with E-state index in [4.69, 9.17) is 23.2 Å². The number of carbonyl (C=O) groups is 1. The molecule has 0 bridgehead atoms. The number of nitrogens with one attached hydrogen (secondary N) is 3. The Bertz CT molecular complexity index is 1490. The molecule has 0 radical (unpaired) electrons. The SMILES string of the molecule is CC(C)(C)NCc1ccc2c(c1)CCC[C@H]2NC(=O)C[C@@H](NS(=O)(=O)c1ccc(Cl)c(Cl)c1)c1cccc(F)c1. The van der Waals surface area contributed by atoms with Crippen molar-refractivity contribution in [3.05, 3.63) is 98.8 Å². The number of halogens is 3. The molecule has 0 aliphatic heterocycles.